The Balaban J connectivity index is 1.98. The Kier molecular flexibility index (Phi) is 3.87. The summed E-state index contributed by atoms with van der Waals surface area (Å²) in [6.07, 6.45) is -3.92. The maximum atomic E-state index is 13.7. The molecule has 0 spiro atoms. The summed E-state index contributed by atoms with van der Waals surface area (Å²) in [7, 11) is -4.26. The van der Waals surface area contributed by atoms with Crippen LogP contribution in [0.3, 0.4) is 0 Å². The fraction of sp³-hybridized carbons (Fsp3) is 0.500. The van der Waals surface area contributed by atoms with E-state index in [1.54, 1.807) is 0 Å². The summed E-state index contributed by atoms with van der Waals surface area (Å²) in [5.74, 6) is -3.64. The molecule has 2 fully saturated rings. The Morgan fingerprint density at radius 2 is 1.92 bits per heavy atom. The van der Waals surface area contributed by atoms with Crippen molar-refractivity contribution >= 4 is 16.0 Å². The van der Waals surface area contributed by atoms with Gasteiger partial charge in [-0.15, -0.1) is 0 Å². The van der Waals surface area contributed by atoms with Gasteiger partial charge >= 0.3 is 12.1 Å². The molecule has 1 aromatic rings. The van der Waals surface area contributed by atoms with Crippen molar-refractivity contribution in [3.63, 3.8) is 0 Å². The average Bonchev–Trinajstić information content (AvgIpc) is 3.04. The Morgan fingerprint density at radius 1 is 1.25 bits per heavy atom. The van der Waals surface area contributed by atoms with Crippen molar-refractivity contribution in [2.45, 2.75) is 42.4 Å². The highest BCUT2D eigenvalue weighted by molar-refractivity contribution is 7.89. The number of fused-ring (bicyclic) bond motifs is 2. The minimum atomic E-state index is -4.92. The fourth-order valence-electron chi connectivity index (χ4n) is 3.59. The topological polar surface area (TPSA) is 74.7 Å². The zero-order chi connectivity index (χ0) is 17.9. The van der Waals surface area contributed by atoms with Crippen molar-refractivity contribution in [1.82, 2.24) is 4.31 Å². The molecule has 3 atom stereocenters. The second kappa shape index (κ2) is 5.41. The standard InChI is InChI=1S/C14H13F4NO4S/c15-11-6-8(2-3-10(11)14(16,17)18)24(22,23)19-7-1-4-12(19)9(5-7)13(20)21/h2-3,6-7,9,12H,1,4-5H2,(H,20,21). The zero-order valence-corrected chi connectivity index (χ0v) is 12.9. The van der Waals surface area contributed by atoms with Gasteiger partial charge in [-0.05, 0) is 37.5 Å². The number of halogens is 4. The molecule has 3 unspecified atom stereocenters. The molecule has 0 aliphatic carbocycles. The van der Waals surface area contributed by atoms with E-state index in [0.29, 0.717) is 31.0 Å². The van der Waals surface area contributed by atoms with Gasteiger partial charge in [0.25, 0.3) is 0 Å². The number of benzene rings is 1. The van der Waals surface area contributed by atoms with Crippen molar-refractivity contribution < 1.29 is 35.9 Å². The summed E-state index contributed by atoms with van der Waals surface area (Å²) in [6.45, 7) is 0. The van der Waals surface area contributed by atoms with E-state index in [-0.39, 0.29) is 6.42 Å². The molecule has 2 aliphatic rings. The lowest BCUT2D eigenvalue weighted by atomic mass is 9.89. The molecule has 1 N–H and O–H groups in total. The molecule has 0 saturated carbocycles. The highest BCUT2D eigenvalue weighted by Gasteiger charge is 2.54. The first kappa shape index (κ1) is 17.2. The summed E-state index contributed by atoms with van der Waals surface area (Å²) in [6, 6.07) is 0.157. The molecule has 2 saturated heterocycles. The molecule has 3 rings (SSSR count). The number of alkyl halides is 3. The van der Waals surface area contributed by atoms with E-state index in [4.69, 9.17) is 5.11 Å². The highest BCUT2D eigenvalue weighted by atomic mass is 32.2. The van der Waals surface area contributed by atoms with Crippen LogP contribution in [0.25, 0.3) is 0 Å². The van der Waals surface area contributed by atoms with Crippen molar-refractivity contribution in [1.29, 1.82) is 0 Å². The summed E-state index contributed by atoms with van der Waals surface area (Å²) in [5, 5.41) is 9.15. The monoisotopic (exact) mass is 367 g/mol. The van der Waals surface area contributed by atoms with Gasteiger partial charge in [-0.1, -0.05) is 0 Å². The normalized spacial score (nSPS) is 27.6. The molecule has 132 valence electrons. The zero-order valence-electron chi connectivity index (χ0n) is 12.1. The van der Waals surface area contributed by atoms with Crippen LogP contribution in [0.2, 0.25) is 0 Å². The molecule has 1 aromatic carbocycles. The van der Waals surface area contributed by atoms with E-state index in [2.05, 4.69) is 0 Å². The third kappa shape index (κ3) is 2.57. The molecule has 0 amide bonds. The number of carboxylic acids is 1. The largest absolute Gasteiger partial charge is 0.481 e. The van der Waals surface area contributed by atoms with Gasteiger partial charge in [0.05, 0.1) is 16.4 Å². The predicted molar refractivity (Wildman–Crippen MR) is 73.0 cm³/mol. The Morgan fingerprint density at radius 3 is 2.42 bits per heavy atom. The number of rotatable bonds is 3. The van der Waals surface area contributed by atoms with Crippen LogP contribution in [0, 0.1) is 11.7 Å². The van der Waals surface area contributed by atoms with E-state index >= 15 is 0 Å². The molecular formula is C14H13F4NO4S. The van der Waals surface area contributed by atoms with Crippen molar-refractivity contribution in [3.05, 3.63) is 29.6 Å². The lowest BCUT2D eigenvalue weighted by molar-refractivity contribution is -0.142. The number of aliphatic carboxylic acids is 1. The number of carbonyl (C=O) groups is 1. The van der Waals surface area contributed by atoms with Crippen LogP contribution in [0.15, 0.2) is 23.1 Å². The van der Waals surface area contributed by atoms with E-state index in [1.165, 1.54) is 0 Å². The van der Waals surface area contributed by atoms with E-state index < -0.39 is 56.4 Å². The van der Waals surface area contributed by atoms with Crippen molar-refractivity contribution in [3.8, 4) is 0 Å². The molecular weight excluding hydrogens is 354 g/mol. The third-order valence-corrected chi connectivity index (χ3v) is 6.59. The molecule has 2 bridgehead atoms. The predicted octanol–water partition coefficient (Wildman–Crippen LogP) is 2.47. The van der Waals surface area contributed by atoms with Crippen LogP contribution < -0.4 is 0 Å². The first-order valence-corrected chi connectivity index (χ1v) is 8.60. The average molecular weight is 367 g/mol. The smallest absolute Gasteiger partial charge is 0.419 e. The molecule has 10 heteroatoms. The minimum Gasteiger partial charge on any atom is -0.481 e. The van der Waals surface area contributed by atoms with Gasteiger partial charge < -0.3 is 5.11 Å². The van der Waals surface area contributed by atoms with Crippen molar-refractivity contribution in [2.75, 3.05) is 0 Å². The van der Waals surface area contributed by atoms with Crippen LogP contribution in [-0.4, -0.2) is 35.9 Å². The van der Waals surface area contributed by atoms with Crippen LogP contribution in [0.4, 0.5) is 17.6 Å². The maximum absolute atomic E-state index is 13.7. The van der Waals surface area contributed by atoms with Gasteiger partial charge in [-0.2, -0.15) is 17.5 Å². The first-order valence-electron chi connectivity index (χ1n) is 7.16. The van der Waals surface area contributed by atoms with E-state index in [0.717, 1.165) is 4.31 Å². The lowest BCUT2D eigenvalue weighted by Gasteiger charge is -2.22. The van der Waals surface area contributed by atoms with Gasteiger partial charge in [0.15, 0.2) is 0 Å². The molecule has 0 radical (unpaired) electrons. The Hall–Kier alpha value is -1.68. The lowest BCUT2D eigenvalue weighted by Crippen LogP contribution is -2.37. The van der Waals surface area contributed by atoms with Crippen LogP contribution in [0.1, 0.15) is 24.8 Å². The number of sulfonamides is 1. The molecule has 2 aliphatic heterocycles. The van der Waals surface area contributed by atoms with Gasteiger partial charge in [0.1, 0.15) is 5.82 Å². The van der Waals surface area contributed by atoms with Gasteiger partial charge in [0.2, 0.25) is 10.0 Å². The number of carboxylic acid groups (broad SMARTS) is 1. The van der Waals surface area contributed by atoms with E-state index in [9.17, 15) is 30.8 Å². The van der Waals surface area contributed by atoms with Gasteiger partial charge in [-0.25, -0.2) is 12.8 Å². The van der Waals surface area contributed by atoms with E-state index in [1.807, 2.05) is 0 Å². The highest BCUT2D eigenvalue weighted by Crippen LogP contribution is 2.45. The minimum absolute atomic E-state index is 0.155. The third-order valence-electron chi connectivity index (χ3n) is 4.61. The second-order valence-corrected chi connectivity index (χ2v) is 7.80. The quantitative estimate of drug-likeness (QED) is 0.833. The summed E-state index contributed by atoms with van der Waals surface area (Å²) in [5.41, 5.74) is -1.55. The van der Waals surface area contributed by atoms with Crippen LogP contribution in [0.5, 0.6) is 0 Å². The summed E-state index contributed by atoms with van der Waals surface area (Å²) in [4.78, 5) is 10.6. The molecule has 5 nitrogen and oxygen atoms in total. The first-order chi connectivity index (χ1) is 11.0. The maximum Gasteiger partial charge on any atom is 0.419 e. The molecule has 0 aromatic heterocycles. The summed E-state index contributed by atoms with van der Waals surface area (Å²) >= 11 is 0. The van der Waals surface area contributed by atoms with Crippen LogP contribution >= 0.6 is 0 Å². The van der Waals surface area contributed by atoms with Crippen LogP contribution in [-0.2, 0) is 21.0 Å². The van der Waals surface area contributed by atoms with Crippen molar-refractivity contribution in [2.24, 2.45) is 5.92 Å². The Labute approximate surface area is 134 Å². The number of hydrogen-bond acceptors (Lipinski definition) is 3. The fourth-order valence-corrected chi connectivity index (χ4v) is 5.52. The number of nitrogens with zero attached hydrogens (tertiary/aromatic N) is 1. The van der Waals surface area contributed by atoms with Gasteiger partial charge in [-0.3, -0.25) is 4.79 Å². The Bertz CT molecular complexity index is 792. The summed E-state index contributed by atoms with van der Waals surface area (Å²) < 4.78 is 77.8. The number of hydrogen-bond donors (Lipinski definition) is 1. The second-order valence-electron chi connectivity index (χ2n) is 5.95. The molecule has 2 heterocycles. The SMILES string of the molecule is O=C(O)C1CC2CCC1N2S(=O)(=O)c1ccc(C(F)(F)F)c(F)c1. The van der Waals surface area contributed by atoms with Gasteiger partial charge in [0, 0.05) is 12.1 Å². The molecule has 24 heavy (non-hydrogen) atoms.